The standard InChI is InChI=1S/C61H39NO/c1-2-14-40(15-3-1)41-26-31-44(32-27-41)62(46-35-36-53-52-21-9-13-25-59(52)63-60(53)39-46)45-33-28-42(29-34-45)43-30-37-58-54(38-43)51-20-8-12-24-57(51)61(58)55-22-10-6-18-49(55)47-16-4-5-17-48(47)50-19-7-11-23-56(50)61/h1-39H. The first-order valence-electron chi connectivity index (χ1n) is 21.7. The summed E-state index contributed by atoms with van der Waals surface area (Å²) in [5.74, 6) is 0. The molecule has 10 aromatic carbocycles. The first kappa shape index (κ1) is 35.5. The van der Waals surface area contributed by atoms with Crippen LogP contribution in [0.2, 0.25) is 0 Å². The molecule has 294 valence electrons. The summed E-state index contributed by atoms with van der Waals surface area (Å²) in [7, 11) is 0. The van der Waals surface area contributed by atoms with Crippen molar-refractivity contribution in [2.75, 3.05) is 4.90 Å². The van der Waals surface area contributed by atoms with Crippen LogP contribution in [0.5, 0.6) is 0 Å². The largest absolute Gasteiger partial charge is 0.456 e. The third-order valence-corrected chi connectivity index (χ3v) is 13.5. The molecule has 2 heteroatoms. The van der Waals surface area contributed by atoms with E-state index in [2.05, 4.69) is 229 Å². The smallest absolute Gasteiger partial charge is 0.137 e. The molecule has 0 saturated carbocycles. The van der Waals surface area contributed by atoms with Crippen molar-refractivity contribution in [2.24, 2.45) is 0 Å². The molecule has 0 fully saturated rings. The van der Waals surface area contributed by atoms with Crippen molar-refractivity contribution in [1.29, 1.82) is 0 Å². The van der Waals surface area contributed by atoms with E-state index >= 15 is 0 Å². The van der Waals surface area contributed by atoms with Gasteiger partial charge in [0.05, 0.1) is 5.41 Å². The van der Waals surface area contributed by atoms with Gasteiger partial charge in [0.2, 0.25) is 0 Å². The molecule has 0 aliphatic heterocycles. The SMILES string of the molecule is c1ccc(-c2ccc(N(c3ccc(-c4ccc5c(c4)-c4ccccc4C54c5ccccc5-c5ccccc5-c5ccccc54)cc3)c3ccc4c(c3)oc3ccccc34)cc2)cc1. The molecule has 1 heterocycles. The monoisotopic (exact) mass is 801 g/mol. The van der Waals surface area contributed by atoms with Crippen LogP contribution in [0.25, 0.3) is 77.6 Å². The summed E-state index contributed by atoms with van der Waals surface area (Å²) in [6, 6.07) is 86.6. The lowest BCUT2D eigenvalue weighted by Gasteiger charge is -2.35. The maximum atomic E-state index is 6.41. The van der Waals surface area contributed by atoms with Crippen LogP contribution < -0.4 is 4.90 Å². The van der Waals surface area contributed by atoms with Crippen LogP contribution in [0, 0.1) is 0 Å². The molecule has 2 nitrogen and oxygen atoms in total. The number of para-hydroxylation sites is 1. The molecular formula is C61H39NO. The number of hydrogen-bond donors (Lipinski definition) is 0. The molecule has 1 spiro atoms. The van der Waals surface area contributed by atoms with Gasteiger partial charge in [-0.1, -0.05) is 182 Å². The summed E-state index contributed by atoms with van der Waals surface area (Å²) in [5.41, 5.74) is 22.2. The fourth-order valence-corrected chi connectivity index (χ4v) is 10.8. The maximum Gasteiger partial charge on any atom is 0.137 e. The molecule has 2 aliphatic carbocycles. The Balaban J connectivity index is 0.944. The minimum absolute atomic E-state index is 0.488. The van der Waals surface area contributed by atoms with Gasteiger partial charge in [0.15, 0.2) is 0 Å². The van der Waals surface area contributed by atoms with E-state index in [0.717, 1.165) is 39.0 Å². The molecule has 13 rings (SSSR count). The zero-order chi connectivity index (χ0) is 41.5. The number of hydrogen-bond acceptors (Lipinski definition) is 2. The lowest BCUT2D eigenvalue weighted by molar-refractivity contribution is 0.669. The van der Waals surface area contributed by atoms with Crippen LogP contribution in [-0.4, -0.2) is 0 Å². The zero-order valence-electron chi connectivity index (χ0n) is 34.4. The van der Waals surface area contributed by atoms with Crippen molar-refractivity contribution < 1.29 is 4.42 Å². The van der Waals surface area contributed by atoms with E-state index in [1.807, 2.05) is 12.1 Å². The van der Waals surface area contributed by atoms with Crippen molar-refractivity contribution >= 4 is 39.0 Å². The van der Waals surface area contributed by atoms with Crippen LogP contribution in [0.1, 0.15) is 22.3 Å². The predicted octanol–water partition coefficient (Wildman–Crippen LogP) is 16.4. The summed E-state index contributed by atoms with van der Waals surface area (Å²) in [6.45, 7) is 0. The number of fused-ring (bicyclic) bond motifs is 15. The summed E-state index contributed by atoms with van der Waals surface area (Å²) < 4.78 is 6.41. The first-order valence-corrected chi connectivity index (χ1v) is 21.7. The van der Waals surface area contributed by atoms with Crippen LogP contribution in [0.3, 0.4) is 0 Å². The second kappa shape index (κ2) is 13.9. The van der Waals surface area contributed by atoms with Crippen molar-refractivity contribution in [3.8, 4) is 55.6 Å². The van der Waals surface area contributed by atoms with Gasteiger partial charge in [-0.25, -0.2) is 0 Å². The minimum Gasteiger partial charge on any atom is -0.456 e. The third-order valence-electron chi connectivity index (χ3n) is 13.5. The molecule has 0 amide bonds. The Morgan fingerprint density at radius 3 is 1.32 bits per heavy atom. The van der Waals surface area contributed by atoms with Gasteiger partial charge in [0.1, 0.15) is 11.2 Å². The molecule has 0 unspecified atom stereocenters. The second-order valence-electron chi connectivity index (χ2n) is 16.8. The Hall–Kier alpha value is -8.20. The number of benzene rings is 10. The number of anilines is 3. The molecule has 63 heavy (non-hydrogen) atoms. The topological polar surface area (TPSA) is 16.4 Å². The van der Waals surface area contributed by atoms with Gasteiger partial charge >= 0.3 is 0 Å². The average molecular weight is 802 g/mol. The number of nitrogens with zero attached hydrogens (tertiary/aromatic N) is 1. The average Bonchev–Trinajstić information content (AvgIpc) is 3.84. The van der Waals surface area contributed by atoms with Gasteiger partial charge in [-0.05, 0) is 126 Å². The fraction of sp³-hybridized carbons (Fsp3) is 0.0164. The van der Waals surface area contributed by atoms with Gasteiger partial charge in [-0.2, -0.15) is 0 Å². The normalized spacial score (nSPS) is 12.9. The van der Waals surface area contributed by atoms with Crippen LogP contribution >= 0.6 is 0 Å². The highest BCUT2D eigenvalue weighted by Gasteiger charge is 2.49. The molecule has 0 radical (unpaired) electrons. The van der Waals surface area contributed by atoms with E-state index in [0.29, 0.717) is 0 Å². The highest BCUT2D eigenvalue weighted by atomic mass is 16.3. The van der Waals surface area contributed by atoms with Gasteiger partial charge in [-0.3, -0.25) is 0 Å². The highest BCUT2D eigenvalue weighted by molar-refractivity contribution is 6.06. The Morgan fingerprint density at radius 1 is 0.270 bits per heavy atom. The van der Waals surface area contributed by atoms with E-state index in [1.54, 1.807) is 0 Å². The second-order valence-corrected chi connectivity index (χ2v) is 16.8. The predicted molar refractivity (Wildman–Crippen MR) is 261 cm³/mol. The van der Waals surface area contributed by atoms with Crippen molar-refractivity contribution in [3.05, 3.63) is 259 Å². The molecule has 2 aliphatic rings. The summed E-state index contributed by atoms with van der Waals surface area (Å²) in [4.78, 5) is 2.33. The van der Waals surface area contributed by atoms with E-state index < -0.39 is 5.41 Å². The van der Waals surface area contributed by atoms with Gasteiger partial charge in [0, 0.05) is 33.9 Å². The van der Waals surface area contributed by atoms with Gasteiger partial charge in [0.25, 0.3) is 0 Å². The maximum absolute atomic E-state index is 6.41. The van der Waals surface area contributed by atoms with Crippen molar-refractivity contribution in [3.63, 3.8) is 0 Å². The van der Waals surface area contributed by atoms with E-state index in [1.165, 1.54) is 77.9 Å². The Morgan fingerprint density at radius 2 is 0.698 bits per heavy atom. The van der Waals surface area contributed by atoms with E-state index in [9.17, 15) is 0 Å². The summed E-state index contributed by atoms with van der Waals surface area (Å²) >= 11 is 0. The van der Waals surface area contributed by atoms with E-state index in [4.69, 9.17) is 4.42 Å². The van der Waals surface area contributed by atoms with Crippen LogP contribution in [-0.2, 0) is 5.41 Å². The number of rotatable bonds is 5. The Kier molecular flexibility index (Phi) is 7.85. The molecule has 0 atom stereocenters. The lowest BCUT2D eigenvalue weighted by atomic mass is 9.66. The molecule has 11 aromatic rings. The van der Waals surface area contributed by atoms with Crippen molar-refractivity contribution in [1.82, 2.24) is 0 Å². The summed E-state index contributed by atoms with van der Waals surface area (Å²) in [6.07, 6.45) is 0. The first-order chi connectivity index (χ1) is 31.2. The van der Waals surface area contributed by atoms with Gasteiger partial charge < -0.3 is 9.32 Å². The zero-order valence-corrected chi connectivity index (χ0v) is 34.4. The summed E-state index contributed by atoms with van der Waals surface area (Å²) in [5, 5.41) is 2.24. The molecule has 0 bridgehead atoms. The third kappa shape index (κ3) is 5.32. The molecule has 1 aromatic heterocycles. The fourth-order valence-electron chi connectivity index (χ4n) is 10.8. The Bertz CT molecular complexity index is 3490. The number of furan rings is 1. The Labute approximate surface area is 366 Å². The van der Waals surface area contributed by atoms with E-state index in [-0.39, 0.29) is 0 Å². The molecule has 0 N–H and O–H groups in total. The quantitative estimate of drug-likeness (QED) is 0.172. The molecule has 0 saturated heterocycles. The van der Waals surface area contributed by atoms with Crippen LogP contribution in [0.4, 0.5) is 17.1 Å². The minimum atomic E-state index is -0.488. The molecular weight excluding hydrogens is 763 g/mol. The van der Waals surface area contributed by atoms with Crippen molar-refractivity contribution in [2.45, 2.75) is 5.41 Å². The highest BCUT2D eigenvalue weighted by Crippen LogP contribution is 2.61. The lowest BCUT2D eigenvalue weighted by Crippen LogP contribution is -2.29. The van der Waals surface area contributed by atoms with Gasteiger partial charge in [-0.15, -0.1) is 0 Å². The van der Waals surface area contributed by atoms with Crippen LogP contribution in [0.15, 0.2) is 241 Å².